The number of nitrogens with zero attached hydrogens (tertiary/aromatic N) is 2. The van der Waals surface area contributed by atoms with Crippen LogP contribution < -0.4 is 5.32 Å². The largest absolute Gasteiger partial charge is 0.416 e. The molecule has 5 rings (SSSR count). The minimum Gasteiger partial charge on any atom is -0.344 e. The molecule has 1 unspecified atom stereocenters. The maximum atomic E-state index is 13.5. The maximum absolute atomic E-state index is 13.5. The van der Waals surface area contributed by atoms with Gasteiger partial charge in [0.2, 0.25) is 0 Å². The van der Waals surface area contributed by atoms with Gasteiger partial charge >= 0.3 is 6.18 Å². The lowest BCUT2D eigenvalue weighted by molar-refractivity contribution is -0.137. The second kappa shape index (κ2) is 11.6. The first kappa shape index (κ1) is 27.6. The summed E-state index contributed by atoms with van der Waals surface area (Å²) in [5, 5.41) is 5.66. The molecule has 40 heavy (non-hydrogen) atoms. The molecule has 0 spiro atoms. The van der Waals surface area contributed by atoms with Gasteiger partial charge in [0.1, 0.15) is 5.69 Å². The zero-order valence-electron chi connectivity index (χ0n) is 21.8. The summed E-state index contributed by atoms with van der Waals surface area (Å²) >= 11 is 1.46. The molecular formula is C31H28F3N3O2S. The third kappa shape index (κ3) is 6.09. The molecule has 2 heterocycles. The monoisotopic (exact) mass is 563 g/mol. The molecule has 4 aromatic rings. The Morgan fingerprint density at radius 2 is 1.60 bits per heavy atom. The smallest absolute Gasteiger partial charge is 0.344 e. The second-order valence-electron chi connectivity index (χ2n) is 9.86. The Hall–Kier alpha value is -3.98. The molecule has 1 N–H and O–H groups in total. The number of amides is 2. The summed E-state index contributed by atoms with van der Waals surface area (Å²) in [6.07, 6.45) is -2.99. The number of benzene rings is 3. The van der Waals surface area contributed by atoms with Crippen molar-refractivity contribution >= 4 is 23.2 Å². The molecule has 1 fully saturated rings. The Balaban J connectivity index is 1.22. The number of thiazole rings is 1. The van der Waals surface area contributed by atoms with Gasteiger partial charge in [0, 0.05) is 30.0 Å². The summed E-state index contributed by atoms with van der Waals surface area (Å²) in [5.74, 6) is -0.221. The van der Waals surface area contributed by atoms with Crippen LogP contribution in [0.15, 0.2) is 84.2 Å². The molecule has 2 amide bonds. The second-order valence-corrected chi connectivity index (χ2v) is 10.8. The first-order valence-electron chi connectivity index (χ1n) is 13.1. The molecule has 206 valence electrons. The number of carbonyl (C=O) groups is 2. The summed E-state index contributed by atoms with van der Waals surface area (Å²) in [7, 11) is 0. The average Bonchev–Trinajstić information content (AvgIpc) is 3.48. The van der Waals surface area contributed by atoms with E-state index in [2.05, 4.69) is 10.3 Å². The van der Waals surface area contributed by atoms with E-state index in [1.165, 1.54) is 23.5 Å². The molecule has 0 aliphatic carbocycles. The first-order chi connectivity index (χ1) is 19.2. The van der Waals surface area contributed by atoms with E-state index in [9.17, 15) is 22.8 Å². The van der Waals surface area contributed by atoms with Gasteiger partial charge in [-0.1, -0.05) is 60.7 Å². The van der Waals surface area contributed by atoms with Crippen molar-refractivity contribution in [2.24, 2.45) is 0 Å². The van der Waals surface area contributed by atoms with Crippen LogP contribution in [0.5, 0.6) is 0 Å². The van der Waals surface area contributed by atoms with Crippen LogP contribution in [0, 0.1) is 0 Å². The summed E-state index contributed by atoms with van der Waals surface area (Å²) < 4.78 is 39.0. The van der Waals surface area contributed by atoms with E-state index in [1.54, 1.807) is 34.5 Å². The number of aromatic nitrogens is 1. The van der Waals surface area contributed by atoms with Gasteiger partial charge in [-0.2, -0.15) is 13.2 Å². The van der Waals surface area contributed by atoms with E-state index in [4.69, 9.17) is 0 Å². The average molecular weight is 564 g/mol. The Morgan fingerprint density at radius 3 is 2.27 bits per heavy atom. The molecule has 1 saturated heterocycles. The Morgan fingerprint density at radius 1 is 0.950 bits per heavy atom. The molecule has 1 aliphatic rings. The van der Waals surface area contributed by atoms with E-state index in [0.717, 1.165) is 22.7 Å². The highest BCUT2D eigenvalue weighted by Gasteiger charge is 2.31. The van der Waals surface area contributed by atoms with Gasteiger partial charge in [-0.15, -0.1) is 11.3 Å². The number of rotatable bonds is 6. The fourth-order valence-electron chi connectivity index (χ4n) is 4.94. The number of halogens is 3. The quantitative estimate of drug-likeness (QED) is 0.267. The molecule has 9 heteroatoms. The van der Waals surface area contributed by atoms with Crippen molar-refractivity contribution in [1.29, 1.82) is 0 Å². The van der Waals surface area contributed by atoms with Gasteiger partial charge in [-0.3, -0.25) is 9.59 Å². The van der Waals surface area contributed by atoms with Crippen molar-refractivity contribution in [2.75, 3.05) is 13.1 Å². The van der Waals surface area contributed by atoms with Gasteiger partial charge < -0.3 is 10.2 Å². The lowest BCUT2D eigenvalue weighted by atomic mass is 9.94. The van der Waals surface area contributed by atoms with Crippen LogP contribution in [0.1, 0.15) is 68.7 Å². The van der Waals surface area contributed by atoms with E-state index < -0.39 is 11.7 Å². The standard InChI is InChI=1S/C31H28F3N3O2S/c1-20(21-7-3-2-4-8-21)35-28(38)27-19-40-29(36-27)23-15-17-37(18-16-23)30(39)26-10-6-5-9-25(26)22-11-13-24(14-12-22)31(32,33)34/h2-14,19-20,23H,15-18H2,1H3,(H,35,38). The molecule has 5 nitrogen and oxygen atoms in total. The summed E-state index contributed by atoms with van der Waals surface area (Å²) in [4.78, 5) is 32.6. The predicted molar refractivity (Wildman–Crippen MR) is 149 cm³/mol. The molecule has 0 bridgehead atoms. The Labute approximate surface area is 234 Å². The number of nitrogens with one attached hydrogen (secondary N) is 1. The molecule has 1 aliphatic heterocycles. The Bertz CT molecular complexity index is 1480. The number of hydrogen-bond acceptors (Lipinski definition) is 4. The van der Waals surface area contributed by atoms with Crippen LogP contribution in [-0.4, -0.2) is 34.8 Å². The SMILES string of the molecule is CC(NC(=O)c1csc(C2CCN(C(=O)c3ccccc3-c3ccc(C(F)(F)F)cc3)CC2)n1)c1ccccc1. The highest BCUT2D eigenvalue weighted by molar-refractivity contribution is 7.09. The van der Waals surface area contributed by atoms with Crippen LogP contribution in [0.4, 0.5) is 13.2 Å². The third-order valence-electron chi connectivity index (χ3n) is 7.21. The number of alkyl halides is 3. The van der Waals surface area contributed by atoms with Crippen LogP contribution >= 0.6 is 11.3 Å². The molecule has 1 atom stereocenters. The van der Waals surface area contributed by atoms with Crippen molar-refractivity contribution in [3.05, 3.63) is 112 Å². The van der Waals surface area contributed by atoms with Crippen LogP contribution in [0.3, 0.4) is 0 Å². The number of hydrogen-bond donors (Lipinski definition) is 1. The van der Waals surface area contributed by atoms with Crippen molar-refractivity contribution in [1.82, 2.24) is 15.2 Å². The minimum absolute atomic E-state index is 0.140. The molecule has 0 radical (unpaired) electrons. The van der Waals surface area contributed by atoms with E-state index in [1.807, 2.05) is 37.3 Å². The zero-order valence-corrected chi connectivity index (χ0v) is 22.6. The van der Waals surface area contributed by atoms with Crippen LogP contribution in [-0.2, 0) is 6.18 Å². The lowest BCUT2D eigenvalue weighted by Crippen LogP contribution is -2.38. The van der Waals surface area contributed by atoms with E-state index >= 15 is 0 Å². The van der Waals surface area contributed by atoms with Gasteiger partial charge in [-0.25, -0.2) is 4.98 Å². The summed E-state index contributed by atoms with van der Waals surface area (Å²) in [6, 6.07) is 21.5. The number of likely N-dealkylation sites (tertiary alicyclic amines) is 1. The summed E-state index contributed by atoms with van der Waals surface area (Å²) in [6.45, 7) is 2.98. The zero-order chi connectivity index (χ0) is 28.3. The fourth-order valence-corrected chi connectivity index (χ4v) is 5.91. The minimum atomic E-state index is -4.42. The number of carbonyl (C=O) groups excluding carboxylic acids is 2. The topological polar surface area (TPSA) is 62.3 Å². The van der Waals surface area contributed by atoms with Gasteiger partial charge in [0.15, 0.2) is 0 Å². The predicted octanol–water partition coefficient (Wildman–Crippen LogP) is 7.34. The lowest BCUT2D eigenvalue weighted by Gasteiger charge is -2.31. The Kier molecular flexibility index (Phi) is 8.02. The van der Waals surface area contributed by atoms with Crippen LogP contribution in [0.2, 0.25) is 0 Å². The van der Waals surface area contributed by atoms with E-state index in [-0.39, 0.29) is 23.8 Å². The molecule has 0 saturated carbocycles. The molecular weight excluding hydrogens is 535 g/mol. The highest BCUT2D eigenvalue weighted by Crippen LogP contribution is 2.34. The van der Waals surface area contributed by atoms with Gasteiger partial charge in [0.05, 0.1) is 16.6 Å². The number of piperidine rings is 1. The maximum Gasteiger partial charge on any atom is 0.416 e. The van der Waals surface area contributed by atoms with Crippen molar-refractivity contribution < 1.29 is 22.8 Å². The van der Waals surface area contributed by atoms with Crippen LogP contribution in [0.25, 0.3) is 11.1 Å². The first-order valence-corrected chi connectivity index (χ1v) is 14.0. The van der Waals surface area contributed by atoms with Crippen molar-refractivity contribution in [3.63, 3.8) is 0 Å². The van der Waals surface area contributed by atoms with Gasteiger partial charge in [0.25, 0.3) is 11.8 Å². The highest BCUT2D eigenvalue weighted by atomic mass is 32.1. The van der Waals surface area contributed by atoms with E-state index in [0.29, 0.717) is 48.3 Å². The van der Waals surface area contributed by atoms with Crippen molar-refractivity contribution in [2.45, 2.75) is 37.9 Å². The molecule has 3 aromatic carbocycles. The fraction of sp³-hybridized carbons (Fsp3) is 0.258. The van der Waals surface area contributed by atoms with Gasteiger partial charge in [-0.05, 0) is 54.7 Å². The summed E-state index contributed by atoms with van der Waals surface area (Å²) in [5.41, 5.74) is 2.30. The van der Waals surface area contributed by atoms with Crippen molar-refractivity contribution in [3.8, 4) is 11.1 Å². The normalized spacial score (nSPS) is 15.1. The third-order valence-corrected chi connectivity index (χ3v) is 8.22. The molecule has 1 aromatic heterocycles.